The first kappa shape index (κ1) is 11.7. The Balaban J connectivity index is 1.85. The lowest BCUT2D eigenvalue weighted by Crippen LogP contribution is -2.47. The molecule has 1 aromatic rings. The van der Waals surface area contributed by atoms with Crippen LogP contribution < -0.4 is 5.56 Å². The molecule has 18 heavy (non-hydrogen) atoms. The van der Waals surface area contributed by atoms with Crippen LogP contribution in [-0.4, -0.2) is 29.1 Å². The summed E-state index contributed by atoms with van der Waals surface area (Å²) in [6.45, 7) is 8.02. The van der Waals surface area contributed by atoms with Gasteiger partial charge >= 0.3 is 0 Å². The normalized spacial score (nSPS) is 26.7. The maximum atomic E-state index is 11.9. The van der Waals surface area contributed by atoms with Crippen molar-refractivity contribution in [2.45, 2.75) is 25.3 Å². The highest BCUT2D eigenvalue weighted by Gasteiger charge is 2.33. The smallest absolute Gasteiger partial charge is 0.250 e. The number of likely N-dealkylation sites (tertiary alicyclic amines) is 1. The minimum atomic E-state index is 0.168. The summed E-state index contributed by atoms with van der Waals surface area (Å²) in [5.74, 6) is 1.18. The first-order valence-corrected chi connectivity index (χ1v) is 6.81. The Morgan fingerprint density at radius 3 is 3.06 bits per heavy atom. The van der Waals surface area contributed by atoms with Crippen LogP contribution in [0.4, 0.5) is 0 Å². The van der Waals surface area contributed by atoms with Gasteiger partial charge in [0.05, 0.1) is 0 Å². The number of aromatic nitrogens is 1. The molecule has 0 amide bonds. The molecule has 3 heteroatoms. The summed E-state index contributed by atoms with van der Waals surface area (Å²) in [6.07, 6.45) is 4.29. The molecule has 3 heterocycles. The Morgan fingerprint density at radius 1 is 1.33 bits per heavy atom. The lowest BCUT2D eigenvalue weighted by atomic mass is 9.83. The van der Waals surface area contributed by atoms with Crippen molar-refractivity contribution in [1.82, 2.24) is 9.47 Å². The van der Waals surface area contributed by atoms with E-state index in [9.17, 15) is 4.79 Å². The fraction of sp³-hybridized carbons (Fsp3) is 0.533. The van der Waals surface area contributed by atoms with Crippen LogP contribution in [-0.2, 0) is 6.54 Å². The van der Waals surface area contributed by atoms with Crippen molar-refractivity contribution >= 4 is 0 Å². The molecular formula is C15H20N2O. The zero-order chi connectivity index (χ0) is 12.5. The first-order chi connectivity index (χ1) is 8.78. The molecule has 0 saturated carbocycles. The summed E-state index contributed by atoms with van der Waals surface area (Å²) in [6, 6.07) is 5.70. The summed E-state index contributed by atoms with van der Waals surface area (Å²) >= 11 is 0. The Morgan fingerprint density at radius 2 is 2.22 bits per heavy atom. The van der Waals surface area contributed by atoms with Gasteiger partial charge in [-0.2, -0.15) is 0 Å². The average molecular weight is 244 g/mol. The second-order valence-corrected chi connectivity index (χ2v) is 5.54. The largest absolute Gasteiger partial charge is 0.312 e. The SMILES string of the molecule is C=CCCN1CC2C[C@@H](C1)Cn1c2cccc1=O. The molecule has 2 atom stereocenters. The number of hydrogen-bond acceptors (Lipinski definition) is 2. The zero-order valence-corrected chi connectivity index (χ0v) is 10.7. The van der Waals surface area contributed by atoms with Gasteiger partial charge in [0, 0.05) is 43.9 Å². The molecule has 0 spiro atoms. The average Bonchev–Trinajstić information content (AvgIpc) is 2.38. The van der Waals surface area contributed by atoms with Gasteiger partial charge in [0.2, 0.25) is 0 Å². The molecule has 0 radical (unpaired) electrons. The standard InChI is InChI=1S/C15H20N2O/c1-2-3-7-16-9-12-8-13(11-16)14-5-4-6-15(18)17(14)10-12/h2,4-6,12-13H,1,3,7-11H2/t12-,13?/m0/s1. The molecule has 1 fully saturated rings. The Bertz CT molecular complexity index is 505. The highest BCUT2D eigenvalue weighted by molar-refractivity contribution is 5.16. The Kier molecular flexibility index (Phi) is 3.08. The van der Waals surface area contributed by atoms with Gasteiger partial charge in [-0.3, -0.25) is 4.79 Å². The molecule has 1 saturated heterocycles. The van der Waals surface area contributed by atoms with Gasteiger partial charge in [-0.05, 0) is 24.8 Å². The van der Waals surface area contributed by atoms with E-state index in [1.165, 1.54) is 12.1 Å². The summed E-state index contributed by atoms with van der Waals surface area (Å²) in [4.78, 5) is 14.4. The van der Waals surface area contributed by atoms with E-state index in [1.54, 1.807) is 6.07 Å². The van der Waals surface area contributed by atoms with Gasteiger partial charge in [-0.25, -0.2) is 0 Å². The number of piperidine rings is 1. The van der Waals surface area contributed by atoms with E-state index in [0.29, 0.717) is 11.8 Å². The van der Waals surface area contributed by atoms with Crippen molar-refractivity contribution in [2.75, 3.05) is 19.6 Å². The summed E-state index contributed by atoms with van der Waals surface area (Å²) < 4.78 is 1.99. The fourth-order valence-electron chi connectivity index (χ4n) is 3.45. The number of hydrogen-bond donors (Lipinski definition) is 0. The summed E-state index contributed by atoms with van der Waals surface area (Å²) in [5, 5.41) is 0. The van der Waals surface area contributed by atoms with Crippen LogP contribution in [0.2, 0.25) is 0 Å². The van der Waals surface area contributed by atoms with Crippen LogP contribution in [0.15, 0.2) is 35.6 Å². The molecule has 1 unspecified atom stereocenters. The lowest BCUT2D eigenvalue weighted by molar-refractivity contribution is 0.122. The van der Waals surface area contributed by atoms with Crippen molar-refractivity contribution < 1.29 is 0 Å². The fourth-order valence-corrected chi connectivity index (χ4v) is 3.45. The quantitative estimate of drug-likeness (QED) is 0.758. The van der Waals surface area contributed by atoms with Crippen LogP contribution in [0.25, 0.3) is 0 Å². The van der Waals surface area contributed by atoms with Crippen LogP contribution in [0, 0.1) is 5.92 Å². The summed E-state index contributed by atoms with van der Waals surface area (Å²) in [7, 11) is 0. The van der Waals surface area contributed by atoms with Crippen LogP contribution in [0.5, 0.6) is 0 Å². The van der Waals surface area contributed by atoms with Crippen molar-refractivity contribution in [1.29, 1.82) is 0 Å². The highest BCUT2D eigenvalue weighted by atomic mass is 16.1. The third-order valence-electron chi connectivity index (χ3n) is 4.20. The van der Waals surface area contributed by atoms with Gasteiger partial charge in [-0.15, -0.1) is 6.58 Å². The van der Waals surface area contributed by atoms with Crippen molar-refractivity contribution in [3.63, 3.8) is 0 Å². The second kappa shape index (κ2) is 4.73. The van der Waals surface area contributed by atoms with E-state index < -0.39 is 0 Å². The monoisotopic (exact) mass is 244 g/mol. The molecule has 0 aliphatic carbocycles. The molecular weight excluding hydrogens is 224 g/mol. The number of nitrogens with zero attached hydrogens (tertiary/aromatic N) is 2. The van der Waals surface area contributed by atoms with Gasteiger partial charge in [0.1, 0.15) is 0 Å². The Hall–Kier alpha value is -1.35. The van der Waals surface area contributed by atoms with Gasteiger partial charge in [0.15, 0.2) is 0 Å². The number of fused-ring (bicyclic) bond motifs is 4. The third kappa shape index (κ3) is 2.03. The minimum absolute atomic E-state index is 0.168. The van der Waals surface area contributed by atoms with Gasteiger partial charge < -0.3 is 9.47 Å². The van der Waals surface area contributed by atoms with E-state index in [2.05, 4.69) is 17.5 Å². The van der Waals surface area contributed by atoms with Gasteiger partial charge in [-0.1, -0.05) is 12.1 Å². The Labute approximate surface area is 108 Å². The van der Waals surface area contributed by atoms with E-state index in [4.69, 9.17) is 0 Å². The van der Waals surface area contributed by atoms with Crippen LogP contribution in [0.1, 0.15) is 24.5 Å². The van der Waals surface area contributed by atoms with Crippen molar-refractivity contribution in [3.8, 4) is 0 Å². The van der Waals surface area contributed by atoms with Crippen molar-refractivity contribution in [2.24, 2.45) is 5.92 Å². The maximum absolute atomic E-state index is 11.9. The number of rotatable bonds is 3. The van der Waals surface area contributed by atoms with Crippen molar-refractivity contribution in [3.05, 3.63) is 46.9 Å². The van der Waals surface area contributed by atoms with Gasteiger partial charge in [0.25, 0.3) is 5.56 Å². The van der Waals surface area contributed by atoms with E-state index in [0.717, 1.165) is 32.6 Å². The maximum Gasteiger partial charge on any atom is 0.250 e. The predicted molar refractivity (Wildman–Crippen MR) is 72.8 cm³/mol. The molecule has 3 nitrogen and oxygen atoms in total. The van der Waals surface area contributed by atoms with E-state index >= 15 is 0 Å². The van der Waals surface area contributed by atoms with E-state index in [-0.39, 0.29) is 5.56 Å². The molecule has 96 valence electrons. The molecule has 2 bridgehead atoms. The highest BCUT2D eigenvalue weighted by Crippen LogP contribution is 2.34. The first-order valence-electron chi connectivity index (χ1n) is 6.81. The third-order valence-corrected chi connectivity index (χ3v) is 4.20. The second-order valence-electron chi connectivity index (χ2n) is 5.54. The number of pyridine rings is 1. The molecule has 0 aromatic carbocycles. The van der Waals surface area contributed by atoms with E-state index in [1.807, 2.05) is 16.7 Å². The molecule has 3 rings (SSSR count). The van der Waals surface area contributed by atoms with Crippen LogP contribution in [0.3, 0.4) is 0 Å². The molecule has 1 aromatic heterocycles. The molecule has 2 aliphatic heterocycles. The molecule has 0 N–H and O–H groups in total. The lowest BCUT2D eigenvalue weighted by Gasteiger charge is -2.42. The topological polar surface area (TPSA) is 25.2 Å². The molecule has 2 aliphatic rings. The predicted octanol–water partition coefficient (Wildman–Crippen LogP) is 1.84. The minimum Gasteiger partial charge on any atom is -0.312 e. The van der Waals surface area contributed by atoms with Crippen LogP contribution >= 0.6 is 0 Å². The summed E-state index contributed by atoms with van der Waals surface area (Å²) in [5.41, 5.74) is 1.41. The zero-order valence-electron chi connectivity index (χ0n) is 10.7.